The Labute approximate surface area is 185 Å². The van der Waals surface area contributed by atoms with Gasteiger partial charge < -0.3 is 19.3 Å². The molecule has 2 heterocycles. The maximum atomic E-state index is 11.2. The van der Waals surface area contributed by atoms with Crippen LogP contribution in [0.15, 0.2) is 30.3 Å². The quantitative estimate of drug-likeness (QED) is 0.738. The molecule has 0 aromatic heterocycles. The molecule has 0 saturated carbocycles. The molecule has 2 aliphatic heterocycles. The first-order valence-electron chi connectivity index (χ1n) is 11.1. The van der Waals surface area contributed by atoms with Crippen molar-refractivity contribution in [3.63, 3.8) is 0 Å². The molecule has 1 saturated heterocycles. The molecule has 0 unspecified atom stereocenters. The summed E-state index contributed by atoms with van der Waals surface area (Å²) in [5.41, 5.74) is 3.96. The number of benzene rings is 2. The smallest absolute Gasteiger partial charge is 0.231 e. The predicted octanol–water partition coefficient (Wildman–Crippen LogP) is 5.14. The summed E-state index contributed by atoms with van der Waals surface area (Å²) in [6.07, 6.45) is 0. The number of aromatic hydroxyl groups is 1. The van der Waals surface area contributed by atoms with Crippen molar-refractivity contribution in [3.8, 4) is 17.2 Å². The number of fused-ring (bicyclic) bond motifs is 1. The highest BCUT2D eigenvalue weighted by atomic mass is 16.7. The summed E-state index contributed by atoms with van der Waals surface area (Å²) >= 11 is 0. The van der Waals surface area contributed by atoms with Crippen molar-refractivity contribution in [1.29, 1.82) is 0 Å². The molecule has 0 spiro atoms. The van der Waals surface area contributed by atoms with Crippen molar-refractivity contribution in [2.45, 2.75) is 58.4 Å². The second-order valence-corrected chi connectivity index (χ2v) is 10.6. The Hall–Kier alpha value is -2.24. The van der Waals surface area contributed by atoms with E-state index in [0.29, 0.717) is 5.75 Å². The second kappa shape index (κ2) is 8.03. The van der Waals surface area contributed by atoms with Gasteiger partial charge in [-0.15, -0.1) is 0 Å². The molecule has 1 N–H and O–H groups in total. The van der Waals surface area contributed by atoms with Gasteiger partial charge in [0.25, 0.3) is 0 Å². The molecule has 4 rings (SSSR count). The van der Waals surface area contributed by atoms with Crippen LogP contribution in [0.5, 0.6) is 17.2 Å². The number of ether oxygens (including phenoxy) is 3. The fourth-order valence-corrected chi connectivity index (χ4v) is 4.49. The van der Waals surface area contributed by atoms with Crippen LogP contribution in [-0.4, -0.2) is 43.1 Å². The maximum Gasteiger partial charge on any atom is 0.231 e. The maximum absolute atomic E-state index is 11.2. The fraction of sp³-hybridized carbons (Fsp3) is 0.538. The Bertz CT molecular complexity index is 914. The summed E-state index contributed by atoms with van der Waals surface area (Å²) in [6.45, 7) is 16.4. The van der Waals surface area contributed by atoms with E-state index in [0.717, 1.165) is 54.5 Å². The normalized spacial score (nSPS) is 18.3. The van der Waals surface area contributed by atoms with Crippen LogP contribution < -0.4 is 9.47 Å². The van der Waals surface area contributed by atoms with E-state index in [1.807, 2.05) is 6.07 Å². The van der Waals surface area contributed by atoms with Gasteiger partial charge >= 0.3 is 0 Å². The summed E-state index contributed by atoms with van der Waals surface area (Å²) in [6, 6.07) is 10.7. The topological polar surface area (TPSA) is 51.2 Å². The molecular formula is C26H35NO4. The molecule has 2 aromatic carbocycles. The van der Waals surface area contributed by atoms with Crippen molar-refractivity contribution >= 4 is 0 Å². The molecule has 1 atom stereocenters. The largest absolute Gasteiger partial charge is 0.507 e. The fourth-order valence-electron chi connectivity index (χ4n) is 4.49. The Balaban J connectivity index is 1.90. The summed E-state index contributed by atoms with van der Waals surface area (Å²) in [5, 5.41) is 11.2. The van der Waals surface area contributed by atoms with E-state index in [1.165, 1.54) is 5.56 Å². The average Bonchev–Trinajstić information content (AvgIpc) is 3.16. The first-order valence-corrected chi connectivity index (χ1v) is 11.1. The number of hydrogen-bond donors (Lipinski definition) is 1. The highest BCUT2D eigenvalue weighted by Gasteiger charge is 2.32. The average molecular weight is 426 g/mol. The highest BCUT2D eigenvalue weighted by Crippen LogP contribution is 2.44. The zero-order valence-electron chi connectivity index (χ0n) is 19.6. The van der Waals surface area contributed by atoms with Gasteiger partial charge in [0.15, 0.2) is 11.5 Å². The Morgan fingerprint density at radius 2 is 1.39 bits per heavy atom. The van der Waals surface area contributed by atoms with Crippen molar-refractivity contribution in [2.75, 3.05) is 33.1 Å². The summed E-state index contributed by atoms with van der Waals surface area (Å²) in [5.74, 6) is 2.00. The monoisotopic (exact) mass is 425 g/mol. The van der Waals surface area contributed by atoms with Crippen LogP contribution in [0, 0.1) is 0 Å². The first-order chi connectivity index (χ1) is 14.6. The van der Waals surface area contributed by atoms with Crippen molar-refractivity contribution < 1.29 is 19.3 Å². The molecule has 2 aliphatic rings. The molecule has 2 aromatic rings. The Morgan fingerprint density at radius 3 is 1.97 bits per heavy atom. The van der Waals surface area contributed by atoms with E-state index < -0.39 is 0 Å². The standard InChI is InChI=1S/C26H35NO4/c1-25(2,3)19-13-18(14-20(24(19)28)26(4,5)6)23(27-9-11-29-12-10-27)17-7-8-21-22(15-17)31-16-30-21/h7-8,13-15,23,28H,9-12,16H2,1-6H3/t23-/m1/s1. The van der Waals surface area contributed by atoms with Crippen LogP contribution in [0.3, 0.4) is 0 Å². The van der Waals surface area contributed by atoms with Crippen molar-refractivity contribution in [1.82, 2.24) is 4.90 Å². The van der Waals surface area contributed by atoms with E-state index in [9.17, 15) is 5.11 Å². The lowest BCUT2D eigenvalue weighted by Gasteiger charge is -2.37. The van der Waals surface area contributed by atoms with Crippen LogP contribution in [-0.2, 0) is 15.6 Å². The molecule has 5 heteroatoms. The molecule has 0 radical (unpaired) electrons. The van der Waals surface area contributed by atoms with E-state index in [2.05, 4.69) is 70.7 Å². The van der Waals surface area contributed by atoms with Crippen LogP contribution in [0.1, 0.15) is 69.8 Å². The third kappa shape index (κ3) is 4.39. The van der Waals surface area contributed by atoms with E-state index in [1.54, 1.807) is 0 Å². The van der Waals surface area contributed by atoms with E-state index in [4.69, 9.17) is 14.2 Å². The number of phenolic OH excluding ortho intramolecular Hbond substituents is 1. The third-order valence-corrected chi connectivity index (χ3v) is 6.19. The minimum absolute atomic E-state index is 0.0428. The van der Waals surface area contributed by atoms with E-state index in [-0.39, 0.29) is 23.7 Å². The highest BCUT2D eigenvalue weighted by molar-refractivity contribution is 5.53. The zero-order valence-corrected chi connectivity index (χ0v) is 19.6. The molecule has 31 heavy (non-hydrogen) atoms. The van der Waals surface area contributed by atoms with Crippen LogP contribution in [0.4, 0.5) is 0 Å². The van der Waals surface area contributed by atoms with Gasteiger partial charge in [0.1, 0.15) is 5.75 Å². The van der Waals surface area contributed by atoms with Crippen molar-refractivity contribution in [2.24, 2.45) is 0 Å². The van der Waals surface area contributed by atoms with E-state index >= 15 is 0 Å². The summed E-state index contributed by atoms with van der Waals surface area (Å²) in [4.78, 5) is 2.46. The Morgan fingerprint density at radius 1 is 0.806 bits per heavy atom. The van der Waals surface area contributed by atoms with Crippen LogP contribution >= 0.6 is 0 Å². The minimum Gasteiger partial charge on any atom is -0.507 e. The van der Waals surface area contributed by atoms with Gasteiger partial charge in [-0.3, -0.25) is 4.90 Å². The zero-order chi connectivity index (χ0) is 22.4. The number of rotatable bonds is 3. The SMILES string of the molecule is CC(C)(C)c1cc([C@@H](c2ccc3c(c2)OCO3)N2CCOCC2)cc(C(C)(C)C)c1O. The van der Waals surface area contributed by atoms with Gasteiger partial charge in [0.2, 0.25) is 6.79 Å². The van der Waals surface area contributed by atoms with Gasteiger partial charge in [0.05, 0.1) is 19.3 Å². The van der Waals surface area contributed by atoms with Gasteiger partial charge in [-0.2, -0.15) is 0 Å². The lowest BCUT2D eigenvalue weighted by atomic mass is 9.77. The van der Waals surface area contributed by atoms with Crippen molar-refractivity contribution in [3.05, 3.63) is 52.6 Å². The Kier molecular flexibility index (Phi) is 5.69. The van der Waals surface area contributed by atoms with Gasteiger partial charge in [0, 0.05) is 13.1 Å². The molecular weight excluding hydrogens is 390 g/mol. The van der Waals surface area contributed by atoms with Gasteiger partial charge in [-0.05, 0) is 57.3 Å². The van der Waals surface area contributed by atoms with Crippen LogP contribution in [0.25, 0.3) is 0 Å². The lowest BCUT2D eigenvalue weighted by Crippen LogP contribution is -2.39. The number of hydrogen-bond acceptors (Lipinski definition) is 5. The molecule has 168 valence electrons. The first kappa shape index (κ1) is 22.0. The van der Waals surface area contributed by atoms with Gasteiger partial charge in [-0.1, -0.05) is 47.6 Å². The molecule has 0 aliphatic carbocycles. The molecule has 1 fully saturated rings. The summed E-state index contributed by atoms with van der Waals surface area (Å²) in [7, 11) is 0. The minimum atomic E-state index is -0.176. The number of morpholine rings is 1. The second-order valence-electron chi connectivity index (χ2n) is 10.6. The molecule has 0 amide bonds. The predicted molar refractivity (Wildman–Crippen MR) is 122 cm³/mol. The summed E-state index contributed by atoms with van der Waals surface area (Å²) < 4.78 is 16.9. The van der Waals surface area contributed by atoms with Crippen LogP contribution in [0.2, 0.25) is 0 Å². The molecule has 0 bridgehead atoms. The number of nitrogens with zero attached hydrogens (tertiary/aromatic N) is 1. The third-order valence-electron chi connectivity index (χ3n) is 6.19. The molecule has 5 nitrogen and oxygen atoms in total. The number of phenols is 1. The van der Waals surface area contributed by atoms with Gasteiger partial charge in [-0.25, -0.2) is 0 Å². The lowest BCUT2D eigenvalue weighted by molar-refractivity contribution is 0.0239.